The van der Waals surface area contributed by atoms with Gasteiger partial charge in [0.25, 0.3) is 0 Å². The highest BCUT2D eigenvalue weighted by atomic mass is 16.5. The molecule has 34 heavy (non-hydrogen) atoms. The van der Waals surface area contributed by atoms with Crippen molar-refractivity contribution in [1.29, 1.82) is 0 Å². The number of hydrogen-bond donors (Lipinski definition) is 3. The van der Waals surface area contributed by atoms with Gasteiger partial charge in [-0.3, -0.25) is 9.59 Å². The Morgan fingerprint density at radius 1 is 1.06 bits per heavy atom. The number of aliphatic carboxylic acids is 1. The first kappa shape index (κ1) is 23.8. The average molecular weight is 465 g/mol. The summed E-state index contributed by atoms with van der Waals surface area (Å²) in [6.45, 7) is 3.97. The lowest BCUT2D eigenvalue weighted by Crippen LogP contribution is -2.59. The Kier molecular flexibility index (Phi) is 6.64. The number of fused-ring (bicyclic) bond motifs is 3. The van der Waals surface area contributed by atoms with Crippen LogP contribution >= 0.6 is 0 Å². The second-order valence-corrected chi connectivity index (χ2v) is 9.75. The van der Waals surface area contributed by atoms with Gasteiger partial charge in [0, 0.05) is 12.5 Å². The van der Waals surface area contributed by atoms with Crippen LogP contribution in [0.15, 0.2) is 48.5 Å². The monoisotopic (exact) mass is 464 g/mol. The largest absolute Gasteiger partial charge is 0.481 e. The van der Waals surface area contributed by atoms with E-state index in [-0.39, 0.29) is 31.4 Å². The lowest BCUT2D eigenvalue weighted by atomic mass is 9.73. The fourth-order valence-corrected chi connectivity index (χ4v) is 4.91. The molecular weight excluding hydrogens is 432 g/mol. The van der Waals surface area contributed by atoms with Crippen LogP contribution in [0.3, 0.4) is 0 Å². The summed E-state index contributed by atoms with van der Waals surface area (Å²) in [6, 6.07) is 16.3. The molecule has 1 saturated carbocycles. The summed E-state index contributed by atoms with van der Waals surface area (Å²) in [7, 11) is 0. The van der Waals surface area contributed by atoms with Crippen LogP contribution in [-0.4, -0.2) is 41.8 Å². The number of carboxylic acid groups (broad SMARTS) is 1. The van der Waals surface area contributed by atoms with Crippen LogP contribution in [0.25, 0.3) is 11.1 Å². The van der Waals surface area contributed by atoms with E-state index in [9.17, 15) is 19.5 Å². The number of carbonyl (C=O) groups excluding carboxylic acids is 2. The molecule has 1 unspecified atom stereocenters. The SMILES string of the molecule is CCC(C)(CNC(=O)OCC1c2ccccc2-c2ccccc21)C(=O)NC1(CC(=O)O)CCC1. The van der Waals surface area contributed by atoms with Crippen LogP contribution in [0.1, 0.15) is 63.0 Å². The predicted octanol–water partition coefficient (Wildman–Crippen LogP) is 4.46. The summed E-state index contributed by atoms with van der Waals surface area (Å²) < 4.78 is 5.59. The number of amides is 2. The maximum Gasteiger partial charge on any atom is 0.407 e. The molecule has 0 heterocycles. The molecule has 0 radical (unpaired) electrons. The van der Waals surface area contributed by atoms with Crippen LogP contribution < -0.4 is 10.6 Å². The summed E-state index contributed by atoms with van der Waals surface area (Å²) in [4.78, 5) is 36.8. The fraction of sp³-hybridized carbons (Fsp3) is 0.444. The number of hydrogen-bond acceptors (Lipinski definition) is 4. The van der Waals surface area contributed by atoms with Gasteiger partial charge in [-0.15, -0.1) is 0 Å². The molecule has 0 aromatic heterocycles. The number of benzene rings is 2. The van der Waals surface area contributed by atoms with E-state index in [0.717, 1.165) is 28.7 Å². The van der Waals surface area contributed by atoms with E-state index in [0.29, 0.717) is 19.3 Å². The predicted molar refractivity (Wildman–Crippen MR) is 128 cm³/mol. The Morgan fingerprint density at radius 2 is 1.65 bits per heavy atom. The van der Waals surface area contributed by atoms with E-state index in [1.807, 2.05) is 31.2 Å². The van der Waals surface area contributed by atoms with Crippen molar-refractivity contribution in [3.8, 4) is 11.1 Å². The Labute approximate surface area is 199 Å². The number of ether oxygens (including phenoxy) is 1. The second-order valence-electron chi connectivity index (χ2n) is 9.75. The molecule has 2 aliphatic carbocycles. The number of alkyl carbamates (subject to hydrolysis) is 1. The summed E-state index contributed by atoms with van der Waals surface area (Å²) in [5.41, 5.74) is 3.05. The number of carboxylic acids is 1. The molecule has 3 N–H and O–H groups in total. The smallest absolute Gasteiger partial charge is 0.407 e. The molecule has 1 fully saturated rings. The summed E-state index contributed by atoms with van der Waals surface area (Å²) in [5.74, 6) is -1.20. The van der Waals surface area contributed by atoms with Crippen molar-refractivity contribution in [2.24, 2.45) is 5.41 Å². The van der Waals surface area contributed by atoms with E-state index in [1.54, 1.807) is 6.92 Å². The Bertz CT molecular complexity index is 1050. The van der Waals surface area contributed by atoms with E-state index in [4.69, 9.17) is 4.74 Å². The van der Waals surface area contributed by atoms with Crippen molar-refractivity contribution in [3.05, 3.63) is 59.7 Å². The molecule has 1 atom stereocenters. The van der Waals surface area contributed by atoms with Crippen LogP contribution in [-0.2, 0) is 14.3 Å². The normalized spacial score (nSPS) is 17.5. The number of carbonyl (C=O) groups is 3. The summed E-state index contributed by atoms with van der Waals surface area (Å²) >= 11 is 0. The molecule has 0 saturated heterocycles. The van der Waals surface area contributed by atoms with Crippen molar-refractivity contribution in [1.82, 2.24) is 10.6 Å². The quantitative estimate of drug-likeness (QED) is 0.508. The summed E-state index contributed by atoms with van der Waals surface area (Å²) in [6.07, 6.45) is 2.05. The minimum absolute atomic E-state index is 0.0338. The van der Waals surface area contributed by atoms with Gasteiger partial charge in [-0.05, 0) is 54.9 Å². The molecule has 7 heteroatoms. The highest BCUT2D eigenvalue weighted by Crippen LogP contribution is 2.44. The van der Waals surface area contributed by atoms with Crippen molar-refractivity contribution in [2.45, 2.75) is 57.4 Å². The molecule has 2 aromatic rings. The van der Waals surface area contributed by atoms with Crippen LogP contribution in [0, 0.1) is 5.41 Å². The van der Waals surface area contributed by atoms with Gasteiger partial charge < -0.3 is 20.5 Å². The average Bonchev–Trinajstić information content (AvgIpc) is 3.13. The highest BCUT2D eigenvalue weighted by Gasteiger charge is 2.44. The van der Waals surface area contributed by atoms with Crippen molar-refractivity contribution < 1.29 is 24.2 Å². The van der Waals surface area contributed by atoms with Gasteiger partial charge in [0.05, 0.1) is 17.4 Å². The Hall–Kier alpha value is -3.35. The Morgan fingerprint density at radius 3 is 2.15 bits per heavy atom. The zero-order valence-corrected chi connectivity index (χ0v) is 19.7. The lowest BCUT2D eigenvalue weighted by molar-refractivity contribution is -0.141. The third-order valence-corrected chi connectivity index (χ3v) is 7.47. The second kappa shape index (κ2) is 9.49. The number of rotatable bonds is 9. The molecular formula is C27H32N2O5. The zero-order valence-electron chi connectivity index (χ0n) is 19.7. The van der Waals surface area contributed by atoms with Gasteiger partial charge in [0.15, 0.2) is 0 Å². The first-order chi connectivity index (χ1) is 16.3. The van der Waals surface area contributed by atoms with Crippen LogP contribution in [0.2, 0.25) is 0 Å². The minimum Gasteiger partial charge on any atom is -0.481 e. The van der Waals surface area contributed by atoms with Crippen molar-refractivity contribution in [2.75, 3.05) is 13.2 Å². The van der Waals surface area contributed by atoms with Crippen LogP contribution in [0.5, 0.6) is 0 Å². The fourth-order valence-electron chi connectivity index (χ4n) is 4.91. The van der Waals surface area contributed by atoms with Gasteiger partial charge in [-0.25, -0.2) is 4.79 Å². The highest BCUT2D eigenvalue weighted by molar-refractivity contribution is 5.85. The lowest BCUT2D eigenvalue weighted by Gasteiger charge is -2.43. The van der Waals surface area contributed by atoms with Gasteiger partial charge in [0.1, 0.15) is 6.61 Å². The van der Waals surface area contributed by atoms with Gasteiger partial charge >= 0.3 is 12.1 Å². The molecule has 0 aliphatic heterocycles. The van der Waals surface area contributed by atoms with Gasteiger partial charge in [0.2, 0.25) is 5.91 Å². The van der Waals surface area contributed by atoms with E-state index < -0.39 is 23.0 Å². The van der Waals surface area contributed by atoms with Crippen LogP contribution in [0.4, 0.5) is 4.79 Å². The molecule has 7 nitrogen and oxygen atoms in total. The standard InChI is InChI=1S/C27H32N2O5/c1-3-26(2,24(32)29-27(13-8-14-27)15-23(30)31)17-28-25(33)34-16-22-20-11-6-4-9-18(20)19-10-5-7-12-21(19)22/h4-7,9-12,22H,3,8,13-17H2,1-2H3,(H,28,33)(H,29,32)(H,30,31). The topological polar surface area (TPSA) is 105 Å². The first-order valence-corrected chi connectivity index (χ1v) is 11.9. The molecule has 2 amide bonds. The summed E-state index contributed by atoms with van der Waals surface area (Å²) in [5, 5.41) is 14.9. The van der Waals surface area contributed by atoms with E-state index >= 15 is 0 Å². The number of nitrogens with one attached hydrogen (secondary N) is 2. The molecule has 4 rings (SSSR count). The molecule has 2 aliphatic rings. The maximum atomic E-state index is 13.0. The first-order valence-electron chi connectivity index (χ1n) is 11.9. The molecule has 2 aromatic carbocycles. The van der Waals surface area contributed by atoms with E-state index in [1.165, 1.54) is 0 Å². The molecule has 0 spiro atoms. The Balaban J connectivity index is 1.35. The third kappa shape index (κ3) is 4.65. The zero-order chi connectivity index (χ0) is 24.3. The van der Waals surface area contributed by atoms with Gasteiger partial charge in [-0.2, -0.15) is 0 Å². The van der Waals surface area contributed by atoms with E-state index in [2.05, 4.69) is 34.9 Å². The molecule has 0 bridgehead atoms. The molecule has 180 valence electrons. The third-order valence-electron chi connectivity index (χ3n) is 7.47. The van der Waals surface area contributed by atoms with Crippen molar-refractivity contribution >= 4 is 18.0 Å². The minimum atomic E-state index is -0.921. The van der Waals surface area contributed by atoms with Gasteiger partial charge in [-0.1, -0.05) is 55.5 Å². The maximum absolute atomic E-state index is 13.0. The van der Waals surface area contributed by atoms with Crippen molar-refractivity contribution in [3.63, 3.8) is 0 Å².